The van der Waals surface area contributed by atoms with Crippen LogP contribution in [0, 0.1) is 17.8 Å². The highest BCUT2D eigenvalue weighted by molar-refractivity contribution is 5.84. The van der Waals surface area contributed by atoms with E-state index in [0.29, 0.717) is 11.8 Å². The Labute approximate surface area is 164 Å². The number of piperidine rings is 2. The molecule has 7 heteroatoms. The molecule has 1 N–H and O–H groups in total. The van der Waals surface area contributed by atoms with E-state index in [1.54, 1.807) is 0 Å². The number of oxazole rings is 1. The highest BCUT2D eigenvalue weighted by atomic mass is 16.6. The van der Waals surface area contributed by atoms with Crippen LogP contribution in [-0.4, -0.2) is 48.3 Å². The lowest BCUT2D eigenvalue weighted by Crippen LogP contribution is -2.62. The Balaban J connectivity index is 1.10. The monoisotopic (exact) mass is 383 g/mol. The molecule has 1 aromatic carbocycles. The van der Waals surface area contributed by atoms with Crippen LogP contribution in [0.5, 0.6) is 0 Å². The van der Waals surface area contributed by atoms with Gasteiger partial charge in [0.1, 0.15) is 0 Å². The van der Waals surface area contributed by atoms with E-state index in [1.807, 2.05) is 12.1 Å². The molecule has 3 saturated heterocycles. The normalized spacial score (nSPS) is 26.9. The number of nitrogens with one attached hydrogen (secondary N) is 1. The van der Waals surface area contributed by atoms with Gasteiger partial charge in [0.05, 0.1) is 25.5 Å². The molecule has 4 heterocycles. The molecule has 2 atom stereocenters. The van der Waals surface area contributed by atoms with Crippen molar-refractivity contribution in [1.29, 1.82) is 0 Å². The second-order valence-electron chi connectivity index (χ2n) is 8.13. The van der Waals surface area contributed by atoms with Crippen LogP contribution in [0.15, 0.2) is 41.3 Å². The summed E-state index contributed by atoms with van der Waals surface area (Å²) < 4.78 is 15.5. The Hall–Kier alpha value is -2.38. The van der Waals surface area contributed by atoms with Crippen LogP contribution in [0.3, 0.4) is 0 Å². The maximum Gasteiger partial charge on any atom is 0.412 e. The highest BCUT2D eigenvalue weighted by Crippen LogP contribution is 2.47. The minimum absolute atomic E-state index is 0.0678. The number of hydrogen-bond acceptors (Lipinski definition) is 6. The summed E-state index contributed by atoms with van der Waals surface area (Å²) in [4.78, 5) is 18.3. The van der Waals surface area contributed by atoms with Crippen molar-refractivity contribution < 1.29 is 18.7 Å². The quantitative estimate of drug-likeness (QED) is 0.827. The van der Waals surface area contributed by atoms with Crippen LogP contribution in [-0.2, 0) is 22.5 Å². The molecule has 3 aliphatic heterocycles. The van der Waals surface area contributed by atoms with E-state index in [9.17, 15) is 4.79 Å². The molecule has 1 amide bonds. The van der Waals surface area contributed by atoms with Crippen LogP contribution in [0.25, 0.3) is 0 Å². The Bertz CT molecular complexity index is 792. The number of hydrogen-bond donors (Lipinski definition) is 1. The lowest BCUT2D eigenvalue weighted by Gasteiger charge is -2.56. The zero-order valence-electron chi connectivity index (χ0n) is 15.8. The molecule has 0 radical (unpaired) electrons. The molecule has 148 valence electrons. The van der Waals surface area contributed by atoms with Crippen LogP contribution >= 0.6 is 0 Å². The van der Waals surface area contributed by atoms with Crippen LogP contribution in [0.1, 0.15) is 17.7 Å². The molecule has 1 aliphatic carbocycles. The predicted octanol–water partition coefficient (Wildman–Crippen LogP) is 2.93. The first-order valence-corrected chi connectivity index (χ1v) is 9.96. The van der Waals surface area contributed by atoms with Crippen LogP contribution in [0.4, 0.5) is 10.5 Å². The van der Waals surface area contributed by atoms with Gasteiger partial charge in [0, 0.05) is 18.8 Å². The summed E-state index contributed by atoms with van der Waals surface area (Å²) in [6, 6.07) is 8.77. The van der Waals surface area contributed by atoms with Crippen molar-refractivity contribution >= 4 is 11.8 Å². The van der Waals surface area contributed by atoms with Crippen molar-refractivity contribution in [2.24, 2.45) is 17.8 Å². The van der Waals surface area contributed by atoms with Crippen molar-refractivity contribution in [3.63, 3.8) is 0 Å². The van der Waals surface area contributed by atoms with E-state index in [2.05, 4.69) is 27.3 Å². The number of carbonyl (C=O) groups excluding carboxylic acids is 1. The first-order valence-electron chi connectivity index (χ1n) is 9.96. The predicted molar refractivity (Wildman–Crippen MR) is 102 cm³/mol. The largest absolute Gasteiger partial charge is 0.445 e. The van der Waals surface area contributed by atoms with E-state index < -0.39 is 6.09 Å². The maximum absolute atomic E-state index is 11.9. The van der Waals surface area contributed by atoms with Gasteiger partial charge in [-0.25, -0.2) is 9.78 Å². The first-order chi connectivity index (χ1) is 13.7. The Morgan fingerprint density at radius 3 is 2.64 bits per heavy atom. The SMILES string of the molecule is O=C(Nc1ccc(CC2C3CC2CN(C2COC2)C3)cc1)OCc1cnco1. The van der Waals surface area contributed by atoms with Crippen molar-refractivity contribution in [2.45, 2.75) is 25.5 Å². The van der Waals surface area contributed by atoms with E-state index in [-0.39, 0.29) is 6.61 Å². The molecule has 1 saturated carbocycles. The van der Waals surface area contributed by atoms with Gasteiger partial charge in [-0.1, -0.05) is 12.1 Å². The topological polar surface area (TPSA) is 76.8 Å². The lowest BCUT2D eigenvalue weighted by atomic mass is 9.59. The number of amides is 1. The zero-order chi connectivity index (χ0) is 18.9. The Morgan fingerprint density at radius 1 is 1.21 bits per heavy atom. The summed E-state index contributed by atoms with van der Waals surface area (Å²) in [6.07, 6.45) is 4.84. The molecular formula is C21H25N3O4. The number of aromatic nitrogens is 1. The van der Waals surface area contributed by atoms with Gasteiger partial charge in [-0.3, -0.25) is 10.2 Å². The second-order valence-corrected chi connectivity index (χ2v) is 8.13. The van der Waals surface area contributed by atoms with E-state index in [0.717, 1.165) is 43.1 Å². The third-order valence-corrected chi connectivity index (χ3v) is 6.39. The number of benzene rings is 1. The Morgan fingerprint density at radius 2 is 2.00 bits per heavy atom. The smallest absolute Gasteiger partial charge is 0.412 e. The fourth-order valence-corrected chi connectivity index (χ4v) is 4.69. The molecule has 4 fully saturated rings. The molecular weight excluding hydrogens is 358 g/mol. The lowest BCUT2D eigenvalue weighted by molar-refractivity contribution is -0.128. The van der Waals surface area contributed by atoms with E-state index in [1.165, 1.54) is 37.7 Å². The summed E-state index contributed by atoms with van der Waals surface area (Å²) in [7, 11) is 0. The third-order valence-electron chi connectivity index (χ3n) is 6.39. The number of nitrogens with zero attached hydrogens (tertiary/aromatic N) is 2. The summed E-state index contributed by atoms with van der Waals surface area (Å²) in [6.45, 7) is 4.36. The van der Waals surface area contributed by atoms with Gasteiger partial charge in [0.15, 0.2) is 18.8 Å². The molecule has 1 aromatic heterocycles. The van der Waals surface area contributed by atoms with Gasteiger partial charge in [-0.05, 0) is 48.3 Å². The van der Waals surface area contributed by atoms with Gasteiger partial charge in [0.2, 0.25) is 0 Å². The maximum atomic E-state index is 11.9. The molecule has 2 bridgehead atoms. The van der Waals surface area contributed by atoms with Crippen LogP contribution < -0.4 is 5.32 Å². The van der Waals surface area contributed by atoms with E-state index >= 15 is 0 Å². The molecule has 2 unspecified atom stereocenters. The van der Waals surface area contributed by atoms with Crippen molar-refractivity contribution in [1.82, 2.24) is 9.88 Å². The fraction of sp³-hybridized carbons (Fsp3) is 0.524. The average Bonchev–Trinajstić information content (AvgIpc) is 3.18. The van der Waals surface area contributed by atoms with Gasteiger partial charge in [0.25, 0.3) is 0 Å². The van der Waals surface area contributed by atoms with Crippen molar-refractivity contribution in [3.05, 3.63) is 48.2 Å². The summed E-state index contributed by atoms with van der Waals surface area (Å²) in [5.41, 5.74) is 2.07. The average molecular weight is 383 g/mol. The summed E-state index contributed by atoms with van der Waals surface area (Å²) in [5, 5.41) is 2.74. The molecule has 4 aliphatic rings. The van der Waals surface area contributed by atoms with Gasteiger partial charge < -0.3 is 13.9 Å². The van der Waals surface area contributed by atoms with E-state index in [4.69, 9.17) is 13.9 Å². The number of ether oxygens (including phenoxy) is 2. The minimum Gasteiger partial charge on any atom is -0.445 e. The van der Waals surface area contributed by atoms with Crippen molar-refractivity contribution in [3.8, 4) is 0 Å². The molecule has 2 aromatic rings. The number of carbonyl (C=O) groups is 1. The number of anilines is 1. The summed E-state index contributed by atoms with van der Waals surface area (Å²) >= 11 is 0. The molecule has 28 heavy (non-hydrogen) atoms. The van der Waals surface area contributed by atoms with Gasteiger partial charge >= 0.3 is 6.09 Å². The highest BCUT2D eigenvalue weighted by Gasteiger charge is 2.48. The minimum atomic E-state index is -0.502. The molecule has 6 rings (SSSR count). The standard InChI is InChI=1S/C21H25N3O4/c25-21(27-12-19-7-22-13-28-19)23-17-3-1-14(2-4-17)5-20-15-6-16(20)9-24(8-15)18-10-26-11-18/h1-4,7,13,15-16,18,20H,5-6,8-12H2,(H,23,25). The third kappa shape index (κ3) is 3.64. The zero-order valence-corrected chi connectivity index (χ0v) is 15.8. The fourth-order valence-electron chi connectivity index (χ4n) is 4.69. The number of fused-ring (bicyclic) bond motifs is 2. The molecule has 7 nitrogen and oxygen atoms in total. The van der Waals surface area contributed by atoms with Crippen molar-refractivity contribution in [2.75, 3.05) is 31.6 Å². The molecule has 0 spiro atoms. The van der Waals surface area contributed by atoms with Gasteiger partial charge in [-0.2, -0.15) is 0 Å². The first kappa shape index (κ1) is 17.7. The van der Waals surface area contributed by atoms with Gasteiger partial charge in [-0.15, -0.1) is 0 Å². The number of rotatable bonds is 6. The summed E-state index contributed by atoms with van der Waals surface area (Å²) in [5.74, 6) is 2.95. The van der Waals surface area contributed by atoms with Crippen LogP contribution in [0.2, 0.25) is 0 Å². The second kappa shape index (κ2) is 7.56. The Kier molecular flexibility index (Phi) is 4.78.